The van der Waals surface area contributed by atoms with Crippen LogP contribution in [-0.4, -0.2) is 48.6 Å². The van der Waals surface area contributed by atoms with Gasteiger partial charge in [0.1, 0.15) is 24.2 Å². The third-order valence-corrected chi connectivity index (χ3v) is 6.50. The van der Waals surface area contributed by atoms with Gasteiger partial charge in [-0.05, 0) is 55.8 Å². The number of carboxylic acid groups (broad SMARTS) is 1. The fraction of sp³-hybridized carbons (Fsp3) is 0.350. The van der Waals surface area contributed by atoms with Crippen LogP contribution >= 0.6 is 0 Å². The van der Waals surface area contributed by atoms with E-state index < -0.39 is 34.2 Å². The Hall–Kier alpha value is -2.49. The van der Waals surface area contributed by atoms with Gasteiger partial charge in [0, 0.05) is 6.54 Å². The molecule has 2 aromatic rings. The van der Waals surface area contributed by atoms with Crippen LogP contribution in [-0.2, 0) is 26.2 Å². The molecule has 1 aliphatic heterocycles. The molecule has 7 nitrogen and oxygen atoms in total. The Morgan fingerprint density at radius 2 is 1.79 bits per heavy atom. The van der Waals surface area contributed by atoms with Crippen LogP contribution in [0.5, 0.6) is 5.75 Å². The van der Waals surface area contributed by atoms with Crippen molar-refractivity contribution < 1.29 is 32.2 Å². The molecule has 29 heavy (non-hydrogen) atoms. The lowest BCUT2D eigenvalue weighted by molar-refractivity contribution is -0.155. The van der Waals surface area contributed by atoms with E-state index in [-0.39, 0.29) is 23.9 Å². The third kappa shape index (κ3) is 4.75. The molecule has 0 unspecified atom stereocenters. The number of sulfonamides is 1. The molecular weight excluding hydrogens is 401 g/mol. The van der Waals surface area contributed by atoms with Crippen LogP contribution in [0.25, 0.3) is 0 Å². The number of morpholine rings is 1. The van der Waals surface area contributed by atoms with E-state index in [0.29, 0.717) is 5.75 Å². The molecule has 9 heteroatoms. The zero-order chi connectivity index (χ0) is 21.2. The average Bonchev–Trinajstić information content (AvgIpc) is 2.67. The maximum absolute atomic E-state index is 13.0. The highest BCUT2D eigenvalue weighted by Crippen LogP contribution is 2.27. The maximum atomic E-state index is 13.0. The first kappa shape index (κ1) is 21.2. The van der Waals surface area contributed by atoms with Crippen molar-refractivity contribution in [3.8, 4) is 5.75 Å². The Kier molecular flexibility index (Phi) is 6.21. The summed E-state index contributed by atoms with van der Waals surface area (Å²) in [6.07, 6.45) is -1.20. The van der Waals surface area contributed by atoms with Crippen molar-refractivity contribution in [2.75, 3.05) is 6.54 Å². The lowest BCUT2D eigenvalue weighted by Crippen LogP contribution is -2.58. The van der Waals surface area contributed by atoms with Crippen LogP contribution < -0.4 is 4.74 Å². The summed E-state index contributed by atoms with van der Waals surface area (Å²) in [4.78, 5) is 11.6. The first-order valence-electron chi connectivity index (χ1n) is 9.06. The summed E-state index contributed by atoms with van der Waals surface area (Å²) in [5.41, 5.74) is 0.767. The van der Waals surface area contributed by atoms with E-state index in [0.717, 1.165) is 9.87 Å². The highest BCUT2D eigenvalue weighted by Gasteiger charge is 2.44. The second-order valence-electron chi connectivity index (χ2n) is 6.90. The Morgan fingerprint density at radius 3 is 2.38 bits per heavy atom. The number of ether oxygens (including phenoxy) is 2. The van der Waals surface area contributed by atoms with Gasteiger partial charge in [-0.1, -0.05) is 12.1 Å². The highest BCUT2D eigenvalue weighted by atomic mass is 32.2. The minimum absolute atomic E-state index is 0.0285. The third-order valence-electron chi connectivity index (χ3n) is 4.64. The number of benzene rings is 2. The predicted molar refractivity (Wildman–Crippen MR) is 102 cm³/mol. The predicted octanol–water partition coefficient (Wildman–Crippen LogP) is 2.66. The lowest BCUT2D eigenvalue weighted by atomic mass is 10.1. The Bertz CT molecular complexity index is 961. The van der Waals surface area contributed by atoms with Crippen molar-refractivity contribution in [3.63, 3.8) is 0 Å². The fourth-order valence-electron chi connectivity index (χ4n) is 3.25. The van der Waals surface area contributed by atoms with E-state index in [1.165, 1.54) is 36.4 Å². The molecule has 0 bridgehead atoms. The Balaban J connectivity index is 1.76. The van der Waals surface area contributed by atoms with Crippen molar-refractivity contribution in [1.82, 2.24) is 4.31 Å². The van der Waals surface area contributed by atoms with Gasteiger partial charge >= 0.3 is 5.97 Å². The van der Waals surface area contributed by atoms with Gasteiger partial charge in [0.15, 0.2) is 0 Å². The van der Waals surface area contributed by atoms with Gasteiger partial charge in [0.05, 0.1) is 17.1 Å². The topological polar surface area (TPSA) is 93.1 Å². The molecule has 0 spiro atoms. The smallest absolute Gasteiger partial charge is 0.324 e. The number of rotatable bonds is 6. The minimum atomic E-state index is -4.04. The fourth-order valence-corrected chi connectivity index (χ4v) is 4.96. The van der Waals surface area contributed by atoms with Crippen LogP contribution in [0.1, 0.15) is 19.4 Å². The standard InChI is InChI=1S/C20H22FNO6S/c1-13-11-22(19(20(23)24)14(2)28-13)29(25,26)18-9-7-17(8-10-18)27-12-15-3-5-16(21)6-4-15/h3-10,13-14,19H,11-12H2,1-2H3,(H,23,24)/t13-,14+,19+/m0/s1. The molecule has 1 saturated heterocycles. The summed E-state index contributed by atoms with van der Waals surface area (Å²) >= 11 is 0. The molecule has 1 fully saturated rings. The molecule has 1 aliphatic rings. The molecule has 2 aromatic carbocycles. The van der Waals surface area contributed by atoms with E-state index in [1.54, 1.807) is 26.0 Å². The van der Waals surface area contributed by atoms with Crippen molar-refractivity contribution in [2.24, 2.45) is 0 Å². The highest BCUT2D eigenvalue weighted by molar-refractivity contribution is 7.89. The zero-order valence-electron chi connectivity index (χ0n) is 16.0. The summed E-state index contributed by atoms with van der Waals surface area (Å²) in [5.74, 6) is -1.16. The normalized spacial score (nSPS) is 22.9. The molecule has 0 aromatic heterocycles. The van der Waals surface area contributed by atoms with Gasteiger partial charge in [-0.2, -0.15) is 4.31 Å². The summed E-state index contributed by atoms with van der Waals surface area (Å²) in [6, 6.07) is 10.3. The van der Waals surface area contributed by atoms with E-state index >= 15 is 0 Å². The molecule has 1 heterocycles. The number of aliphatic carboxylic acids is 1. The van der Waals surface area contributed by atoms with Crippen LogP contribution in [0.15, 0.2) is 53.4 Å². The molecule has 156 valence electrons. The number of halogens is 1. The average molecular weight is 423 g/mol. The molecule has 0 aliphatic carbocycles. The van der Waals surface area contributed by atoms with Gasteiger partial charge in [0.25, 0.3) is 0 Å². The first-order valence-corrected chi connectivity index (χ1v) is 10.5. The van der Waals surface area contributed by atoms with Crippen molar-refractivity contribution >= 4 is 16.0 Å². The zero-order valence-corrected chi connectivity index (χ0v) is 16.8. The number of nitrogens with zero attached hydrogens (tertiary/aromatic N) is 1. The van der Waals surface area contributed by atoms with Gasteiger partial charge in [0.2, 0.25) is 10.0 Å². The summed E-state index contributed by atoms with van der Waals surface area (Å²) in [5, 5.41) is 9.49. The molecule has 0 amide bonds. The van der Waals surface area contributed by atoms with Gasteiger partial charge in [-0.3, -0.25) is 4.79 Å². The molecule has 3 atom stereocenters. The summed E-state index contributed by atoms with van der Waals surface area (Å²) in [6.45, 7) is 3.39. The van der Waals surface area contributed by atoms with E-state index in [1.807, 2.05) is 0 Å². The van der Waals surface area contributed by atoms with E-state index in [4.69, 9.17) is 9.47 Å². The van der Waals surface area contributed by atoms with Crippen LogP contribution in [0.4, 0.5) is 4.39 Å². The number of carboxylic acids is 1. The molecule has 3 rings (SSSR count). The molecule has 0 saturated carbocycles. The van der Waals surface area contributed by atoms with Gasteiger partial charge < -0.3 is 14.6 Å². The molecule has 0 radical (unpaired) electrons. The van der Waals surface area contributed by atoms with Crippen molar-refractivity contribution in [1.29, 1.82) is 0 Å². The SMILES string of the molecule is C[C@H]1CN(S(=O)(=O)c2ccc(OCc3ccc(F)cc3)cc2)[C@@H](C(=O)O)[C@@H](C)O1. The number of carbonyl (C=O) groups is 1. The van der Waals surface area contributed by atoms with E-state index in [2.05, 4.69) is 0 Å². The van der Waals surface area contributed by atoms with Gasteiger partial charge in [-0.25, -0.2) is 12.8 Å². The number of hydrogen-bond acceptors (Lipinski definition) is 5. The Morgan fingerprint density at radius 1 is 1.17 bits per heavy atom. The van der Waals surface area contributed by atoms with E-state index in [9.17, 15) is 22.7 Å². The monoisotopic (exact) mass is 423 g/mol. The molecular formula is C20H22FNO6S. The van der Waals surface area contributed by atoms with Crippen molar-refractivity contribution in [2.45, 2.75) is 43.6 Å². The molecule has 1 N–H and O–H groups in total. The second kappa shape index (κ2) is 8.48. The van der Waals surface area contributed by atoms with Crippen molar-refractivity contribution in [3.05, 3.63) is 59.9 Å². The maximum Gasteiger partial charge on any atom is 0.324 e. The van der Waals surface area contributed by atoms with Gasteiger partial charge in [-0.15, -0.1) is 0 Å². The van der Waals surface area contributed by atoms with Crippen LogP contribution in [0.3, 0.4) is 0 Å². The Labute approximate surface area is 168 Å². The van der Waals surface area contributed by atoms with Crippen LogP contribution in [0, 0.1) is 5.82 Å². The number of hydrogen-bond donors (Lipinski definition) is 1. The van der Waals surface area contributed by atoms with Crippen LogP contribution in [0.2, 0.25) is 0 Å². The minimum Gasteiger partial charge on any atom is -0.489 e. The lowest BCUT2D eigenvalue weighted by Gasteiger charge is -2.39. The summed E-state index contributed by atoms with van der Waals surface area (Å²) in [7, 11) is -4.04. The quantitative estimate of drug-likeness (QED) is 0.768. The second-order valence-corrected chi connectivity index (χ2v) is 8.79. The summed E-state index contributed by atoms with van der Waals surface area (Å²) < 4.78 is 51.1. The largest absolute Gasteiger partial charge is 0.489 e. The first-order chi connectivity index (χ1) is 13.7.